The summed E-state index contributed by atoms with van der Waals surface area (Å²) >= 11 is 0. The molecule has 0 unspecified atom stereocenters. The van der Waals surface area contributed by atoms with Gasteiger partial charge in [-0.25, -0.2) is 8.42 Å². The lowest BCUT2D eigenvalue weighted by atomic mass is 10.1. The zero-order valence-electron chi connectivity index (χ0n) is 19.5. The molecule has 0 radical (unpaired) electrons. The van der Waals surface area contributed by atoms with Gasteiger partial charge in [-0.1, -0.05) is 24.3 Å². The van der Waals surface area contributed by atoms with Crippen LogP contribution in [0.25, 0.3) is 0 Å². The first kappa shape index (κ1) is 23.7. The van der Waals surface area contributed by atoms with Gasteiger partial charge >= 0.3 is 0 Å². The molecule has 1 amide bonds. The number of nitrogens with zero attached hydrogens (tertiary/aromatic N) is 3. The molecule has 1 atom stereocenters. The third-order valence-corrected chi connectivity index (χ3v) is 8.48. The van der Waals surface area contributed by atoms with E-state index in [0.717, 1.165) is 31.7 Å². The Kier molecular flexibility index (Phi) is 7.36. The van der Waals surface area contributed by atoms with Gasteiger partial charge in [-0.15, -0.1) is 0 Å². The van der Waals surface area contributed by atoms with Gasteiger partial charge in [0.05, 0.1) is 11.8 Å². The Morgan fingerprint density at radius 3 is 2.12 bits per heavy atom. The van der Waals surface area contributed by atoms with Gasteiger partial charge in [0.1, 0.15) is 0 Å². The van der Waals surface area contributed by atoms with Crippen LogP contribution in [0.5, 0.6) is 0 Å². The van der Waals surface area contributed by atoms with Gasteiger partial charge in [-0.2, -0.15) is 4.31 Å². The zero-order chi connectivity index (χ0) is 23.4. The molecule has 33 heavy (non-hydrogen) atoms. The highest BCUT2D eigenvalue weighted by Gasteiger charge is 2.26. The Labute approximate surface area is 197 Å². The van der Waals surface area contributed by atoms with Crippen LogP contribution in [0.15, 0.2) is 48.5 Å². The second-order valence-electron chi connectivity index (χ2n) is 9.14. The molecule has 4 rings (SSSR count). The molecular weight excluding hydrogens is 436 g/mol. The first-order valence-corrected chi connectivity index (χ1v) is 13.3. The number of rotatable bonds is 7. The normalized spacial score (nSPS) is 18.9. The van der Waals surface area contributed by atoms with Crippen LogP contribution in [0.2, 0.25) is 0 Å². The standard InChI is InChI=1S/C25H34N4O3S/c1-20(22-9-11-24(12-10-22)28-13-3-4-14-28)26-25(30)23-7-5-21(6-8-23)19-33(31,32)29-17-15-27(2)16-18-29/h5-12,20H,3-4,13-19H2,1-2H3,(H,26,30)/t20-/m0/s1. The third-order valence-electron chi connectivity index (χ3n) is 6.63. The Morgan fingerprint density at radius 1 is 0.909 bits per heavy atom. The minimum Gasteiger partial charge on any atom is -0.372 e. The summed E-state index contributed by atoms with van der Waals surface area (Å²) in [6.07, 6.45) is 2.49. The first-order valence-electron chi connectivity index (χ1n) is 11.7. The summed E-state index contributed by atoms with van der Waals surface area (Å²) in [4.78, 5) is 17.2. The molecule has 2 aliphatic heterocycles. The van der Waals surface area contributed by atoms with Gasteiger partial charge in [0, 0.05) is 50.5 Å². The van der Waals surface area contributed by atoms with Crippen molar-refractivity contribution < 1.29 is 13.2 Å². The molecule has 2 aliphatic rings. The molecule has 2 heterocycles. The maximum absolute atomic E-state index is 12.7. The molecule has 7 nitrogen and oxygen atoms in total. The van der Waals surface area contributed by atoms with Crippen molar-refractivity contribution in [3.8, 4) is 0 Å². The number of piperazine rings is 1. The van der Waals surface area contributed by atoms with E-state index < -0.39 is 10.0 Å². The van der Waals surface area contributed by atoms with E-state index >= 15 is 0 Å². The van der Waals surface area contributed by atoms with E-state index in [9.17, 15) is 13.2 Å². The molecule has 8 heteroatoms. The summed E-state index contributed by atoms with van der Waals surface area (Å²) in [5.41, 5.74) is 3.50. The molecule has 0 saturated carbocycles. The van der Waals surface area contributed by atoms with Crippen molar-refractivity contribution in [3.05, 3.63) is 65.2 Å². The van der Waals surface area contributed by atoms with E-state index in [1.165, 1.54) is 18.5 Å². The smallest absolute Gasteiger partial charge is 0.251 e. The molecule has 0 aromatic heterocycles. The minimum absolute atomic E-state index is 0.0433. The summed E-state index contributed by atoms with van der Waals surface area (Å²) in [5, 5.41) is 3.04. The van der Waals surface area contributed by atoms with E-state index in [-0.39, 0.29) is 17.7 Å². The number of hydrogen-bond donors (Lipinski definition) is 1. The maximum Gasteiger partial charge on any atom is 0.251 e. The fraction of sp³-hybridized carbons (Fsp3) is 0.480. The van der Waals surface area contributed by atoms with Crippen molar-refractivity contribution in [2.45, 2.75) is 31.6 Å². The predicted molar refractivity (Wildman–Crippen MR) is 132 cm³/mol. The van der Waals surface area contributed by atoms with Crippen LogP contribution in [0.4, 0.5) is 5.69 Å². The molecular formula is C25H34N4O3S. The topological polar surface area (TPSA) is 73.0 Å². The van der Waals surface area contributed by atoms with Crippen LogP contribution in [-0.2, 0) is 15.8 Å². The highest BCUT2D eigenvalue weighted by Crippen LogP contribution is 2.23. The summed E-state index contributed by atoms with van der Waals surface area (Å²) in [5.74, 6) is -0.210. The van der Waals surface area contributed by atoms with Gasteiger partial charge in [0.2, 0.25) is 10.0 Å². The second-order valence-corrected chi connectivity index (χ2v) is 11.1. The number of likely N-dealkylation sites (N-methyl/N-ethyl adjacent to an activating group) is 1. The van der Waals surface area contributed by atoms with Crippen molar-refractivity contribution >= 4 is 21.6 Å². The lowest BCUT2D eigenvalue weighted by Gasteiger charge is -2.31. The molecule has 2 saturated heterocycles. The van der Waals surface area contributed by atoms with E-state index in [1.807, 2.05) is 14.0 Å². The second kappa shape index (κ2) is 10.2. The number of amides is 1. The SMILES string of the molecule is C[C@H](NC(=O)c1ccc(CS(=O)(=O)N2CCN(C)CC2)cc1)c1ccc(N2CCCC2)cc1. The highest BCUT2D eigenvalue weighted by atomic mass is 32.2. The molecule has 0 aliphatic carbocycles. The number of hydrogen-bond acceptors (Lipinski definition) is 5. The fourth-order valence-electron chi connectivity index (χ4n) is 4.43. The average Bonchev–Trinajstić information content (AvgIpc) is 3.35. The Bertz CT molecular complexity index is 1040. The van der Waals surface area contributed by atoms with Crippen LogP contribution in [0, 0.1) is 0 Å². The summed E-state index contributed by atoms with van der Waals surface area (Å²) in [7, 11) is -1.36. The monoisotopic (exact) mass is 470 g/mol. The van der Waals surface area contributed by atoms with Gasteiger partial charge < -0.3 is 15.1 Å². The number of carbonyl (C=O) groups is 1. The quantitative estimate of drug-likeness (QED) is 0.674. The molecule has 2 fully saturated rings. The van der Waals surface area contributed by atoms with Crippen LogP contribution in [0.3, 0.4) is 0 Å². The first-order chi connectivity index (χ1) is 15.8. The van der Waals surface area contributed by atoms with E-state index in [0.29, 0.717) is 24.2 Å². The van der Waals surface area contributed by atoms with Crippen molar-refractivity contribution in [3.63, 3.8) is 0 Å². The van der Waals surface area contributed by atoms with Crippen LogP contribution < -0.4 is 10.2 Å². The van der Waals surface area contributed by atoms with Gasteiger partial charge in [0.25, 0.3) is 5.91 Å². The van der Waals surface area contributed by atoms with Crippen LogP contribution in [0.1, 0.15) is 47.3 Å². The molecule has 2 aromatic carbocycles. The average molecular weight is 471 g/mol. The fourth-order valence-corrected chi connectivity index (χ4v) is 5.95. The number of carbonyl (C=O) groups excluding carboxylic acids is 1. The maximum atomic E-state index is 12.7. The molecule has 0 bridgehead atoms. The van der Waals surface area contributed by atoms with Crippen molar-refractivity contribution in [1.29, 1.82) is 0 Å². The molecule has 0 spiro atoms. The Hall–Kier alpha value is -2.42. The largest absolute Gasteiger partial charge is 0.372 e. The van der Waals surface area contributed by atoms with Crippen molar-refractivity contribution in [1.82, 2.24) is 14.5 Å². The zero-order valence-corrected chi connectivity index (χ0v) is 20.4. The molecule has 178 valence electrons. The summed E-state index contributed by atoms with van der Waals surface area (Å²) < 4.78 is 27.0. The lowest BCUT2D eigenvalue weighted by molar-refractivity contribution is 0.0940. The summed E-state index contributed by atoms with van der Waals surface area (Å²) in [6.45, 7) is 6.73. The number of sulfonamides is 1. The third kappa shape index (κ3) is 5.93. The van der Waals surface area contributed by atoms with Crippen LogP contribution in [-0.4, -0.2) is 69.8 Å². The van der Waals surface area contributed by atoms with Crippen LogP contribution >= 0.6 is 0 Å². The summed E-state index contributed by atoms with van der Waals surface area (Å²) in [6, 6.07) is 15.1. The van der Waals surface area contributed by atoms with E-state index in [2.05, 4.69) is 39.4 Å². The van der Waals surface area contributed by atoms with E-state index in [4.69, 9.17) is 0 Å². The van der Waals surface area contributed by atoms with Crippen molar-refractivity contribution in [2.75, 3.05) is 51.2 Å². The lowest BCUT2D eigenvalue weighted by Crippen LogP contribution is -2.47. The van der Waals surface area contributed by atoms with E-state index in [1.54, 1.807) is 28.6 Å². The van der Waals surface area contributed by atoms with Gasteiger partial charge in [-0.3, -0.25) is 4.79 Å². The number of anilines is 1. The number of benzene rings is 2. The minimum atomic E-state index is -3.36. The Balaban J connectivity index is 1.33. The van der Waals surface area contributed by atoms with Gasteiger partial charge in [0.15, 0.2) is 0 Å². The van der Waals surface area contributed by atoms with Gasteiger partial charge in [-0.05, 0) is 62.2 Å². The molecule has 1 N–H and O–H groups in total. The number of nitrogens with one attached hydrogen (secondary N) is 1. The highest BCUT2D eigenvalue weighted by molar-refractivity contribution is 7.88. The molecule has 2 aromatic rings. The predicted octanol–water partition coefficient (Wildman–Crippen LogP) is 2.86. The Morgan fingerprint density at radius 2 is 1.52 bits per heavy atom. The van der Waals surface area contributed by atoms with Crippen molar-refractivity contribution in [2.24, 2.45) is 0 Å².